The molecule has 0 bridgehead atoms. The number of hydrogen-bond donors (Lipinski definition) is 1. The van der Waals surface area contributed by atoms with Crippen LogP contribution in [0.2, 0.25) is 0 Å². The number of rotatable bonds is 5. The lowest BCUT2D eigenvalue weighted by molar-refractivity contribution is 0.354. The number of ether oxygens (including phenoxy) is 2. The molecule has 1 aromatic carbocycles. The molecule has 0 heterocycles. The molecule has 0 fully saturated rings. The van der Waals surface area contributed by atoms with Gasteiger partial charge in [-0.3, -0.25) is 0 Å². The Kier molecular flexibility index (Phi) is 4.68. The zero-order chi connectivity index (χ0) is 12.0. The van der Waals surface area contributed by atoms with Crippen molar-refractivity contribution in [1.29, 1.82) is 0 Å². The largest absolute Gasteiger partial charge is 0.493 e. The van der Waals surface area contributed by atoms with Gasteiger partial charge in [-0.2, -0.15) is 0 Å². The third-order valence-electron chi connectivity index (χ3n) is 2.48. The molecule has 0 spiro atoms. The second-order valence-corrected chi connectivity index (χ2v) is 3.36. The minimum Gasteiger partial charge on any atom is -0.493 e. The maximum atomic E-state index is 5.32. The Bertz CT molecular complexity index is 382. The van der Waals surface area contributed by atoms with Crippen LogP contribution in [-0.2, 0) is 0 Å². The predicted molar refractivity (Wildman–Crippen MR) is 64.8 cm³/mol. The van der Waals surface area contributed by atoms with Crippen molar-refractivity contribution in [2.75, 3.05) is 21.3 Å². The number of methoxy groups -OCH3 is 2. The summed E-state index contributed by atoms with van der Waals surface area (Å²) in [5, 5.41) is 3.17. The fraction of sp³-hybridized carbons (Fsp3) is 0.385. The Morgan fingerprint density at radius 3 is 2.50 bits per heavy atom. The first-order valence-electron chi connectivity index (χ1n) is 5.09. The third-order valence-corrected chi connectivity index (χ3v) is 2.48. The molecule has 0 aliphatic heterocycles. The van der Waals surface area contributed by atoms with Gasteiger partial charge in [0.2, 0.25) is 0 Å². The van der Waals surface area contributed by atoms with Gasteiger partial charge in [0.1, 0.15) is 0 Å². The molecule has 0 saturated heterocycles. The Labute approximate surface area is 96.8 Å². The topological polar surface area (TPSA) is 30.5 Å². The monoisotopic (exact) mass is 219 g/mol. The summed E-state index contributed by atoms with van der Waals surface area (Å²) in [5.41, 5.74) is 1.10. The van der Waals surface area contributed by atoms with Crippen molar-refractivity contribution in [3.8, 4) is 23.8 Å². The van der Waals surface area contributed by atoms with Crippen molar-refractivity contribution in [3.63, 3.8) is 0 Å². The minimum atomic E-state index is 0.143. The van der Waals surface area contributed by atoms with Gasteiger partial charge in [-0.1, -0.05) is 6.07 Å². The summed E-state index contributed by atoms with van der Waals surface area (Å²) in [6.07, 6.45) is 5.97. The highest BCUT2D eigenvalue weighted by Gasteiger charge is 2.11. The molecule has 3 nitrogen and oxygen atoms in total. The molecule has 1 atom stereocenters. The molecular weight excluding hydrogens is 202 g/mol. The lowest BCUT2D eigenvalue weighted by Crippen LogP contribution is -2.15. The van der Waals surface area contributed by atoms with Crippen LogP contribution in [0.4, 0.5) is 0 Å². The SMILES string of the molecule is C#CCC(NC)c1ccc(OC)c(OC)c1. The Morgan fingerprint density at radius 1 is 1.31 bits per heavy atom. The van der Waals surface area contributed by atoms with E-state index in [9.17, 15) is 0 Å². The van der Waals surface area contributed by atoms with E-state index in [1.165, 1.54) is 0 Å². The molecule has 0 radical (unpaired) electrons. The van der Waals surface area contributed by atoms with Crippen LogP contribution in [0.1, 0.15) is 18.0 Å². The second kappa shape index (κ2) is 6.04. The first-order chi connectivity index (χ1) is 7.76. The zero-order valence-corrected chi connectivity index (χ0v) is 9.91. The Hall–Kier alpha value is -1.66. The smallest absolute Gasteiger partial charge is 0.161 e. The molecule has 1 unspecified atom stereocenters. The number of hydrogen-bond acceptors (Lipinski definition) is 3. The van der Waals surface area contributed by atoms with Gasteiger partial charge in [0.05, 0.1) is 14.2 Å². The highest BCUT2D eigenvalue weighted by atomic mass is 16.5. The van der Waals surface area contributed by atoms with Crippen LogP contribution < -0.4 is 14.8 Å². The normalized spacial score (nSPS) is 11.6. The van der Waals surface area contributed by atoms with E-state index in [1.54, 1.807) is 14.2 Å². The summed E-state index contributed by atoms with van der Waals surface area (Å²) in [6, 6.07) is 5.96. The fourth-order valence-electron chi connectivity index (χ4n) is 1.57. The van der Waals surface area contributed by atoms with E-state index in [-0.39, 0.29) is 6.04 Å². The lowest BCUT2D eigenvalue weighted by atomic mass is 10.0. The van der Waals surface area contributed by atoms with Crippen LogP contribution in [0.25, 0.3) is 0 Å². The highest BCUT2D eigenvalue weighted by Crippen LogP contribution is 2.30. The van der Waals surface area contributed by atoms with Gasteiger partial charge in [-0.15, -0.1) is 12.3 Å². The van der Waals surface area contributed by atoms with Crippen molar-refractivity contribution in [2.24, 2.45) is 0 Å². The molecule has 0 aromatic heterocycles. The Balaban J connectivity index is 3.02. The summed E-state index contributed by atoms with van der Waals surface area (Å²) in [6.45, 7) is 0. The van der Waals surface area contributed by atoms with Gasteiger partial charge >= 0.3 is 0 Å². The zero-order valence-electron chi connectivity index (χ0n) is 9.91. The molecule has 1 aromatic rings. The van der Waals surface area contributed by atoms with Crippen molar-refractivity contribution in [1.82, 2.24) is 5.32 Å². The molecule has 16 heavy (non-hydrogen) atoms. The van der Waals surface area contributed by atoms with Gasteiger partial charge < -0.3 is 14.8 Å². The Morgan fingerprint density at radius 2 is 2.00 bits per heavy atom. The average Bonchev–Trinajstić information content (AvgIpc) is 2.35. The molecule has 3 heteroatoms. The van der Waals surface area contributed by atoms with Crippen molar-refractivity contribution in [2.45, 2.75) is 12.5 Å². The highest BCUT2D eigenvalue weighted by molar-refractivity contribution is 5.44. The van der Waals surface area contributed by atoms with E-state index in [4.69, 9.17) is 15.9 Å². The number of terminal acetylenes is 1. The second-order valence-electron chi connectivity index (χ2n) is 3.36. The van der Waals surface area contributed by atoms with Crippen LogP contribution in [0, 0.1) is 12.3 Å². The maximum absolute atomic E-state index is 5.32. The molecule has 0 amide bonds. The van der Waals surface area contributed by atoms with Crippen molar-refractivity contribution >= 4 is 0 Å². The first-order valence-corrected chi connectivity index (χ1v) is 5.09. The fourth-order valence-corrected chi connectivity index (χ4v) is 1.57. The van der Waals surface area contributed by atoms with Crippen LogP contribution >= 0.6 is 0 Å². The van der Waals surface area contributed by atoms with Crippen LogP contribution in [0.15, 0.2) is 18.2 Å². The molecule has 1 N–H and O–H groups in total. The third kappa shape index (κ3) is 2.68. The molecule has 0 saturated carbocycles. The molecule has 0 aliphatic carbocycles. The molecular formula is C13H17NO2. The van der Waals surface area contributed by atoms with E-state index in [2.05, 4.69) is 11.2 Å². The van der Waals surface area contributed by atoms with E-state index in [0.29, 0.717) is 6.42 Å². The quantitative estimate of drug-likeness (QED) is 0.768. The van der Waals surface area contributed by atoms with Gasteiger partial charge in [-0.25, -0.2) is 0 Å². The van der Waals surface area contributed by atoms with Crippen LogP contribution in [-0.4, -0.2) is 21.3 Å². The van der Waals surface area contributed by atoms with E-state index < -0.39 is 0 Å². The van der Waals surface area contributed by atoms with E-state index in [0.717, 1.165) is 17.1 Å². The molecule has 0 aliphatic rings. The maximum Gasteiger partial charge on any atom is 0.161 e. The summed E-state index contributed by atoms with van der Waals surface area (Å²) >= 11 is 0. The van der Waals surface area contributed by atoms with Gasteiger partial charge in [0.25, 0.3) is 0 Å². The van der Waals surface area contributed by atoms with Gasteiger partial charge in [0.15, 0.2) is 11.5 Å². The van der Waals surface area contributed by atoms with Gasteiger partial charge in [0, 0.05) is 12.5 Å². The van der Waals surface area contributed by atoms with E-state index in [1.807, 2.05) is 25.2 Å². The van der Waals surface area contributed by atoms with Crippen LogP contribution in [0.3, 0.4) is 0 Å². The van der Waals surface area contributed by atoms with Gasteiger partial charge in [-0.05, 0) is 24.7 Å². The lowest BCUT2D eigenvalue weighted by Gasteiger charge is -2.16. The summed E-state index contributed by atoms with van der Waals surface area (Å²) < 4.78 is 10.4. The van der Waals surface area contributed by atoms with Crippen molar-refractivity contribution in [3.05, 3.63) is 23.8 Å². The minimum absolute atomic E-state index is 0.143. The molecule has 86 valence electrons. The van der Waals surface area contributed by atoms with Crippen LogP contribution in [0.5, 0.6) is 11.5 Å². The van der Waals surface area contributed by atoms with Crippen molar-refractivity contribution < 1.29 is 9.47 Å². The molecule has 1 rings (SSSR count). The first kappa shape index (κ1) is 12.4. The van der Waals surface area contributed by atoms with E-state index >= 15 is 0 Å². The average molecular weight is 219 g/mol. The summed E-state index contributed by atoms with van der Waals surface area (Å²) in [5.74, 6) is 4.09. The predicted octanol–water partition coefficient (Wildman–Crippen LogP) is 1.99. The number of nitrogens with one attached hydrogen (secondary N) is 1. The summed E-state index contributed by atoms with van der Waals surface area (Å²) in [4.78, 5) is 0. The standard InChI is InChI=1S/C13H17NO2/c1-5-6-11(14-2)10-7-8-12(15-3)13(9-10)16-4/h1,7-9,11,14H,6H2,2-4H3. The number of benzene rings is 1. The summed E-state index contributed by atoms with van der Waals surface area (Å²) in [7, 11) is 5.13.